The molecular formula is C17H15BrN4O2. The number of ether oxygens (including phenoxy) is 1. The van der Waals surface area contributed by atoms with Crippen LogP contribution in [-0.2, 0) is 11.3 Å². The van der Waals surface area contributed by atoms with Crippen molar-refractivity contribution in [3.8, 4) is 5.88 Å². The molecule has 1 aromatic carbocycles. The molecular weight excluding hydrogens is 372 g/mol. The third kappa shape index (κ3) is 2.87. The van der Waals surface area contributed by atoms with Gasteiger partial charge in [-0.1, -0.05) is 12.1 Å². The number of imidazole rings is 1. The van der Waals surface area contributed by atoms with Crippen LogP contribution in [0.25, 0.3) is 11.0 Å². The largest absolute Gasteiger partial charge is 0.470 e. The number of carbonyl (C=O) groups is 1. The van der Waals surface area contributed by atoms with E-state index in [1.165, 1.54) is 0 Å². The number of aromatic nitrogens is 3. The molecule has 2 aromatic heterocycles. The van der Waals surface area contributed by atoms with Crippen LogP contribution in [0.3, 0.4) is 0 Å². The highest BCUT2D eigenvalue weighted by atomic mass is 79.9. The van der Waals surface area contributed by atoms with E-state index in [-0.39, 0.29) is 12.0 Å². The summed E-state index contributed by atoms with van der Waals surface area (Å²) in [5, 5.41) is 0. The zero-order valence-electron chi connectivity index (χ0n) is 12.8. The summed E-state index contributed by atoms with van der Waals surface area (Å²) in [6.45, 7) is 1.45. The van der Waals surface area contributed by atoms with Crippen molar-refractivity contribution in [3.05, 3.63) is 53.4 Å². The number of pyridine rings is 1. The van der Waals surface area contributed by atoms with Gasteiger partial charge in [0.1, 0.15) is 12.6 Å². The molecule has 24 heavy (non-hydrogen) atoms. The highest BCUT2D eigenvalue weighted by Gasteiger charge is 2.33. The zero-order chi connectivity index (χ0) is 16.5. The number of amides is 1. The average molecular weight is 387 g/mol. The second-order valence-electron chi connectivity index (χ2n) is 5.69. The lowest BCUT2D eigenvalue weighted by Gasteiger charge is -2.38. The van der Waals surface area contributed by atoms with Gasteiger partial charge in [-0.15, -0.1) is 0 Å². The maximum Gasteiger partial charge on any atom is 0.242 e. The van der Waals surface area contributed by atoms with E-state index in [2.05, 4.69) is 25.9 Å². The Hall–Kier alpha value is -2.41. The molecule has 1 aliphatic heterocycles. The first-order valence-corrected chi connectivity index (χ1v) is 8.45. The molecule has 0 aliphatic carbocycles. The van der Waals surface area contributed by atoms with Gasteiger partial charge in [0.25, 0.3) is 0 Å². The molecule has 3 aromatic rings. The topological polar surface area (TPSA) is 60.2 Å². The van der Waals surface area contributed by atoms with Crippen LogP contribution in [0.4, 0.5) is 0 Å². The second kappa shape index (κ2) is 6.24. The van der Waals surface area contributed by atoms with Gasteiger partial charge in [0.05, 0.1) is 34.9 Å². The predicted octanol–water partition coefficient (Wildman–Crippen LogP) is 2.48. The summed E-state index contributed by atoms with van der Waals surface area (Å²) >= 11 is 3.41. The first-order valence-electron chi connectivity index (χ1n) is 7.65. The molecule has 1 aliphatic rings. The highest BCUT2D eigenvalue weighted by molar-refractivity contribution is 9.10. The van der Waals surface area contributed by atoms with E-state index >= 15 is 0 Å². The van der Waals surface area contributed by atoms with Crippen LogP contribution in [0.1, 0.15) is 0 Å². The zero-order valence-corrected chi connectivity index (χ0v) is 14.4. The van der Waals surface area contributed by atoms with Crippen LogP contribution in [0.15, 0.2) is 53.4 Å². The Morgan fingerprint density at radius 3 is 2.88 bits per heavy atom. The summed E-state index contributed by atoms with van der Waals surface area (Å²) < 4.78 is 8.49. The maximum absolute atomic E-state index is 12.4. The minimum absolute atomic E-state index is 0.0142. The number of fused-ring (bicyclic) bond motifs is 1. The number of nitrogens with zero attached hydrogens (tertiary/aromatic N) is 4. The molecule has 4 rings (SSSR count). The van der Waals surface area contributed by atoms with E-state index in [0.717, 1.165) is 15.5 Å². The van der Waals surface area contributed by atoms with Gasteiger partial charge in [0, 0.05) is 6.20 Å². The van der Waals surface area contributed by atoms with Crippen LogP contribution in [0.2, 0.25) is 0 Å². The quantitative estimate of drug-likeness (QED) is 0.690. The normalized spacial score (nSPS) is 14.6. The van der Waals surface area contributed by atoms with Gasteiger partial charge in [-0.2, -0.15) is 0 Å². The smallest absolute Gasteiger partial charge is 0.242 e. The lowest BCUT2D eigenvalue weighted by atomic mass is 10.1. The van der Waals surface area contributed by atoms with E-state index in [1.807, 2.05) is 41.0 Å². The van der Waals surface area contributed by atoms with Gasteiger partial charge in [-0.05, 0) is 40.2 Å². The number of hydrogen-bond acceptors (Lipinski definition) is 4. The first-order chi connectivity index (χ1) is 11.7. The summed E-state index contributed by atoms with van der Waals surface area (Å²) in [7, 11) is 0. The van der Waals surface area contributed by atoms with E-state index < -0.39 is 0 Å². The Bertz CT molecular complexity index is 889. The summed E-state index contributed by atoms with van der Waals surface area (Å²) in [6, 6.07) is 11.5. The molecule has 0 bridgehead atoms. The number of likely N-dealkylation sites (tertiary alicyclic amines) is 1. The Balaban J connectivity index is 1.35. The second-order valence-corrected chi connectivity index (χ2v) is 6.54. The summed E-state index contributed by atoms with van der Waals surface area (Å²) in [5.74, 6) is 0.633. The Labute approximate surface area is 147 Å². The lowest BCUT2D eigenvalue weighted by Crippen LogP contribution is -2.57. The fourth-order valence-electron chi connectivity index (χ4n) is 2.71. The van der Waals surface area contributed by atoms with Crippen molar-refractivity contribution < 1.29 is 9.53 Å². The number of rotatable bonds is 4. The van der Waals surface area contributed by atoms with Gasteiger partial charge >= 0.3 is 0 Å². The standard InChI is InChI=1S/C17H15BrN4O2/c18-13-4-3-7-19-17(13)24-12-8-21(9-12)16(23)10-22-11-20-14-5-1-2-6-15(14)22/h1-7,11-12H,8-10H2. The van der Waals surface area contributed by atoms with Crippen LogP contribution in [0, 0.1) is 0 Å². The van der Waals surface area contributed by atoms with E-state index in [4.69, 9.17) is 4.74 Å². The molecule has 0 atom stereocenters. The predicted molar refractivity (Wildman–Crippen MR) is 92.7 cm³/mol. The fraction of sp³-hybridized carbons (Fsp3) is 0.235. The summed E-state index contributed by atoms with van der Waals surface area (Å²) in [5.41, 5.74) is 1.87. The summed E-state index contributed by atoms with van der Waals surface area (Å²) in [4.78, 5) is 22.7. The molecule has 1 amide bonds. The maximum atomic E-state index is 12.4. The summed E-state index contributed by atoms with van der Waals surface area (Å²) in [6.07, 6.45) is 3.38. The number of carbonyl (C=O) groups excluding carboxylic acids is 1. The van der Waals surface area contributed by atoms with E-state index in [9.17, 15) is 4.79 Å². The minimum Gasteiger partial charge on any atom is -0.470 e. The molecule has 0 spiro atoms. The van der Waals surface area contributed by atoms with Crippen LogP contribution in [0.5, 0.6) is 5.88 Å². The van der Waals surface area contributed by atoms with Crippen molar-refractivity contribution in [2.24, 2.45) is 0 Å². The van der Waals surface area contributed by atoms with Gasteiger partial charge < -0.3 is 14.2 Å². The SMILES string of the molecule is O=C(Cn1cnc2ccccc21)N1CC(Oc2ncccc2Br)C1. The third-order valence-electron chi connectivity index (χ3n) is 4.04. The van der Waals surface area contributed by atoms with Crippen LogP contribution >= 0.6 is 15.9 Å². The van der Waals surface area contributed by atoms with Gasteiger partial charge in [0.15, 0.2) is 0 Å². The van der Waals surface area contributed by atoms with Crippen molar-refractivity contribution >= 4 is 32.9 Å². The average Bonchev–Trinajstić information content (AvgIpc) is 2.95. The molecule has 0 saturated carbocycles. The Morgan fingerprint density at radius 2 is 2.04 bits per heavy atom. The fourth-order valence-corrected chi connectivity index (χ4v) is 3.06. The molecule has 3 heterocycles. The van der Waals surface area contributed by atoms with E-state index in [0.29, 0.717) is 25.5 Å². The molecule has 1 saturated heterocycles. The minimum atomic E-state index is -0.0142. The number of para-hydroxylation sites is 2. The monoisotopic (exact) mass is 386 g/mol. The molecule has 6 nitrogen and oxygen atoms in total. The van der Waals surface area contributed by atoms with Gasteiger partial charge in [-0.3, -0.25) is 4.79 Å². The van der Waals surface area contributed by atoms with Gasteiger partial charge in [0.2, 0.25) is 11.8 Å². The molecule has 7 heteroatoms. The molecule has 0 N–H and O–H groups in total. The van der Waals surface area contributed by atoms with Crippen molar-refractivity contribution in [2.75, 3.05) is 13.1 Å². The van der Waals surface area contributed by atoms with Crippen molar-refractivity contribution in [1.29, 1.82) is 0 Å². The van der Waals surface area contributed by atoms with Crippen LogP contribution < -0.4 is 4.74 Å². The van der Waals surface area contributed by atoms with Crippen molar-refractivity contribution in [3.63, 3.8) is 0 Å². The number of halogens is 1. The van der Waals surface area contributed by atoms with Crippen molar-refractivity contribution in [1.82, 2.24) is 19.4 Å². The molecule has 0 radical (unpaired) electrons. The highest BCUT2D eigenvalue weighted by Crippen LogP contribution is 2.24. The number of hydrogen-bond donors (Lipinski definition) is 0. The first kappa shape index (κ1) is 15.1. The Morgan fingerprint density at radius 1 is 1.21 bits per heavy atom. The van der Waals surface area contributed by atoms with E-state index in [1.54, 1.807) is 17.4 Å². The van der Waals surface area contributed by atoms with Crippen molar-refractivity contribution in [2.45, 2.75) is 12.6 Å². The lowest BCUT2D eigenvalue weighted by molar-refractivity contribution is -0.140. The molecule has 0 unspecified atom stereocenters. The van der Waals surface area contributed by atoms with Gasteiger partial charge in [-0.25, -0.2) is 9.97 Å². The Kier molecular flexibility index (Phi) is 3.93. The number of benzene rings is 1. The third-order valence-corrected chi connectivity index (χ3v) is 4.64. The molecule has 122 valence electrons. The van der Waals surface area contributed by atoms with Crippen LogP contribution in [-0.4, -0.2) is 44.5 Å². The molecule has 1 fully saturated rings.